The lowest BCUT2D eigenvalue weighted by atomic mass is 10.2. The van der Waals surface area contributed by atoms with Crippen molar-refractivity contribution in [1.82, 2.24) is 9.29 Å². The van der Waals surface area contributed by atoms with Crippen LogP contribution in [0, 0.1) is 11.6 Å². The minimum atomic E-state index is -3.77. The molecule has 0 unspecified atom stereocenters. The summed E-state index contributed by atoms with van der Waals surface area (Å²) < 4.78 is 53.9. The Morgan fingerprint density at radius 2 is 1.73 bits per heavy atom. The molecular formula is C19H15Cl2F2N3O2S2. The summed E-state index contributed by atoms with van der Waals surface area (Å²) in [6.07, 6.45) is 0. The van der Waals surface area contributed by atoms with E-state index in [1.54, 1.807) is 6.07 Å². The second kappa shape index (κ2) is 8.39. The molecule has 2 heterocycles. The average Bonchev–Trinajstić information content (AvgIpc) is 3.20. The second-order valence-electron chi connectivity index (χ2n) is 6.64. The highest BCUT2D eigenvalue weighted by Crippen LogP contribution is 2.31. The number of thiazole rings is 1. The highest BCUT2D eigenvalue weighted by molar-refractivity contribution is 7.89. The lowest BCUT2D eigenvalue weighted by Gasteiger charge is -2.33. The van der Waals surface area contributed by atoms with Crippen LogP contribution < -0.4 is 4.90 Å². The molecule has 158 valence electrons. The van der Waals surface area contributed by atoms with Gasteiger partial charge >= 0.3 is 0 Å². The summed E-state index contributed by atoms with van der Waals surface area (Å²) >= 11 is 13.0. The van der Waals surface area contributed by atoms with Gasteiger partial charge in [-0.05, 0) is 36.4 Å². The third kappa shape index (κ3) is 4.31. The minimum Gasteiger partial charge on any atom is -0.345 e. The summed E-state index contributed by atoms with van der Waals surface area (Å²) in [5.74, 6) is -1.11. The van der Waals surface area contributed by atoms with Gasteiger partial charge in [0.15, 0.2) is 5.13 Å². The molecule has 0 aliphatic carbocycles. The molecule has 0 atom stereocenters. The molecule has 0 saturated carbocycles. The van der Waals surface area contributed by atoms with Crippen LogP contribution in [0.25, 0.3) is 11.3 Å². The predicted molar refractivity (Wildman–Crippen MR) is 115 cm³/mol. The topological polar surface area (TPSA) is 53.5 Å². The van der Waals surface area contributed by atoms with Crippen LogP contribution in [0.15, 0.2) is 46.7 Å². The second-order valence-corrected chi connectivity index (χ2v) is 10.3. The zero-order valence-electron chi connectivity index (χ0n) is 15.4. The van der Waals surface area contributed by atoms with E-state index in [4.69, 9.17) is 23.2 Å². The Kier molecular flexibility index (Phi) is 6.00. The van der Waals surface area contributed by atoms with E-state index < -0.39 is 21.7 Å². The standard InChI is InChI=1S/C19H15Cl2F2N3O2S2/c20-13-7-12(8-14(22)9-13)18-11-29-19(24-18)25-3-5-26(6-4-25)30(27,28)15-1-2-17(23)16(21)10-15/h1-2,7-11H,3-6H2. The molecule has 0 amide bonds. The van der Waals surface area contributed by atoms with E-state index in [2.05, 4.69) is 4.98 Å². The summed E-state index contributed by atoms with van der Waals surface area (Å²) in [5, 5.41) is 2.58. The lowest BCUT2D eigenvalue weighted by molar-refractivity contribution is 0.384. The zero-order valence-corrected chi connectivity index (χ0v) is 18.5. The third-order valence-corrected chi connectivity index (χ3v) is 7.99. The van der Waals surface area contributed by atoms with Gasteiger partial charge < -0.3 is 4.90 Å². The van der Waals surface area contributed by atoms with E-state index in [1.807, 2.05) is 10.3 Å². The fourth-order valence-electron chi connectivity index (χ4n) is 3.15. The van der Waals surface area contributed by atoms with Crippen molar-refractivity contribution in [3.8, 4) is 11.3 Å². The van der Waals surface area contributed by atoms with E-state index in [1.165, 1.54) is 33.8 Å². The van der Waals surface area contributed by atoms with Crippen molar-refractivity contribution in [3.05, 3.63) is 63.5 Å². The van der Waals surface area contributed by atoms with Gasteiger partial charge in [-0.3, -0.25) is 0 Å². The Balaban J connectivity index is 1.47. The van der Waals surface area contributed by atoms with Crippen LogP contribution in [0.3, 0.4) is 0 Å². The number of aromatic nitrogens is 1. The molecule has 4 rings (SSSR count). The summed E-state index contributed by atoms with van der Waals surface area (Å²) in [6, 6.07) is 7.61. The number of hydrogen-bond donors (Lipinski definition) is 0. The van der Waals surface area contributed by atoms with E-state index in [0.717, 1.165) is 12.1 Å². The SMILES string of the molecule is O=S(=O)(c1ccc(F)c(Cl)c1)N1CCN(c2nc(-c3cc(F)cc(Cl)c3)cs2)CC1. The summed E-state index contributed by atoms with van der Waals surface area (Å²) in [6.45, 7) is 1.37. The van der Waals surface area contributed by atoms with Crippen LogP contribution in [0.1, 0.15) is 0 Å². The highest BCUT2D eigenvalue weighted by Gasteiger charge is 2.30. The van der Waals surface area contributed by atoms with Gasteiger partial charge in [-0.2, -0.15) is 4.31 Å². The van der Waals surface area contributed by atoms with Crippen molar-refractivity contribution in [2.75, 3.05) is 31.1 Å². The van der Waals surface area contributed by atoms with Gasteiger partial charge in [0.05, 0.1) is 15.6 Å². The van der Waals surface area contributed by atoms with E-state index in [9.17, 15) is 17.2 Å². The van der Waals surface area contributed by atoms with Gasteiger partial charge in [0.25, 0.3) is 0 Å². The first-order valence-corrected chi connectivity index (χ1v) is 11.9. The fraction of sp³-hybridized carbons (Fsp3) is 0.211. The van der Waals surface area contributed by atoms with Crippen molar-refractivity contribution in [3.63, 3.8) is 0 Å². The number of benzene rings is 2. The molecule has 5 nitrogen and oxygen atoms in total. The normalized spacial score (nSPS) is 15.5. The van der Waals surface area contributed by atoms with Gasteiger partial charge in [0.2, 0.25) is 10.0 Å². The molecule has 3 aromatic rings. The van der Waals surface area contributed by atoms with Gasteiger partial charge in [0, 0.05) is 42.1 Å². The molecule has 0 N–H and O–H groups in total. The fourth-order valence-corrected chi connectivity index (χ4v) is 5.95. The molecule has 0 bridgehead atoms. The molecule has 2 aromatic carbocycles. The first-order chi connectivity index (χ1) is 14.2. The van der Waals surface area contributed by atoms with Crippen LogP contribution in [0.2, 0.25) is 10.0 Å². The van der Waals surface area contributed by atoms with Crippen LogP contribution in [-0.4, -0.2) is 43.9 Å². The van der Waals surface area contributed by atoms with Gasteiger partial charge in [-0.25, -0.2) is 22.2 Å². The first kappa shape index (κ1) is 21.5. The Morgan fingerprint density at radius 3 is 2.40 bits per heavy atom. The largest absolute Gasteiger partial charge is 0.345 e. The van der Waals surface area contributed by atoms with Crippen molar-refractivity contribution in [2.24, 2.45) is 0 Å². The van der Waals surface area contributed by atoms with Crippen molar-refractivity contribution in [1.29, 1.82) is 0 Å². The molecule has 1 aliphatic rings. The molecule has 0 radical (unpaired) electrons. The number of sulfonamides is 1. The molecule has 11 heteroatoms. The number of anilines is 1. The van der Waals surface area contributed by atoms with Gasteiger partial charge in [-0.1, -0.05) is 23.2 Å². The van der Waals surface area contributed by atoms with Crippen LogP contribution in [0.4, 0.5) is 13.9 Å². The molecule has 1 fully saturated rings. The number of nitrogens with zero attached hydrogens (tertiary/aromatic N) is 3. The molecule has 30 heavy (non-hydrogen) atoms. The molecule has 1 saturated heterocycles. The van der Waals surface area contributed by atoms with Gasteiger partial charge in [0.1, 0.15) is 11.6 Å². The highest BCUT2D eigenvalue weighted by atomic mass is 35.5. The number of rotatable bonds is 4. The maximum atomic E-state index is 13.6. The number of piperazine rings is 1. The number of hydrogen-bond acceptors (Lipinski definition) is 5. The van der Waals surface area contributed by atoms with E-state index in [0.29, 0.717) is 34.5 Å². The first-order valence-electron chi connectivity index (χ1n) is 8.86. The quantitative estimate of drug-likeness (QED) is 0.522. The smallest absolute Gasteiger partial charge is 0.243 e. The Morgan fingerprint density at radius 1 is 1.00 bits per heavy atom. The predicted octanol–water partition coefficient (Wildman–Crippen LogP) is 4.91. The summed E-state index contributed by atoms with van der Waals surface area (Å²) in [7, 11) is -3.77. The maximum absolute atomic E-state index is 13.6. The molecule has 1 aliphatic heterocycles. The third-order valence-electron chi connectivity index (χ3n) is 4.69. The van der Waals surface area contributed by atoms with Gasteiger partial charge in [-0.15, -0.1) is 11.3 Å². The lowest BCUT2D eigenvalue weighted by Crippen LogP contribution is -2.48. The van der Waals surface area contributed by atoms with Crippen LogP contribution >= 0.6 is 34.5 Å². The average molecular weight is 490 g/mol. The zero-order chi connectivity index (χ0) is 21.5. The Hall–Kier alpha value is -1.78. The van der Waals surface area contributed by atoms with Crippen molar-refractivity contribution >= 4 is 49.7 Å². The Bertz CT molecular complexity index is 1180. The van der Waals surface area contributed by atoms with E-state index in [-0.39, 0.29) is 23.0 Å². The molecular weight excluding hydrogens is 475 g/mol. The monoisotopic (exact) mass is 489 g/mol. The van der Waals surface area contributed by atoms with E-state index >= 15 is 0 Å². The maximum Gasteiger partial charge on any atom is 0.243 e. The van der Waals surface area contributed by atoms with Crippen LogP contribution in [-0.2, 0) is 10.0 Å². The summed E-state index contributed by atoms with van der Waals surface area (Å²) in [5.41, 5.74) is 1.18. The minimum absolute atomic E-state index is 0.0399. The van der Waals surface area contributed by atoms with Crippen LogP contribution in [0.5, 0.6) is 0 Å². The van der Waals surface area contributed by atoms with Crippen molar-refractivity contribution < 1.29 is 17.2 Å². The summed E-state index contributed by atoms with van der Waals surface area (Å²) in [4.78, 5) is 6.48. The molecule has 0 spiro atoms. The Labute approximate surface area is 186 Å². The molecule has 1 aromatic heterocycles. The van der Waals surface area contributed by atoms with Crippen molar-refractivity contribution in [2.45, 2.75) is 4.90 Å². The number of halogens is 4.